The van der Waals surface area contributed by atoms with Crippen molar-refractivity contribution in [3.63, 3.8) is 0 Å². The summed E-state index contributed by atoms with van der Waals surface area (Å²) in [7, 11) is -3.58. The minimum Gasteiger partial charge on any atom is -0.501 e. The normalized spacial score (nSPS) is 26.7. The highest BCUT2D eigenvalue weighted by Crippen LogP contribution is 2.42. The van der Waals surface area contributed by atoms with E-state index in [9.17, 15) is 18.3 Å². The highest BCUT2D eigenvalue weighted by atomic mass is 35.5. The summed E-state index contributed by atoms with van der Waals surface area (Å²) in [6, 6.07) is 4.50. The van der Waals surface area contributed by atoms with E-state index in [0.29, 0.717) is 17.0 Å². The summed E-state index contributed by atoms with van der Waals surface area (Å²) < 4.78 is 30.5. The summed E-state index contributed by atoms with van der Waals surface area (Å²) in [5.41, 5.74) is -1.19. The second kappa shape index (κ2) is 5.29. The van der Waals surface area contributed by atoms with Crippen LogP contribution in [0.3, 0.4) is 0 Å². The van der Waals surface area contributed by atoms with Crippen LogP contribution in [-0.4, -0.2) is 35.9 Å². The van der Waals surface area contributed by atoms with Crippen LogP contribution in [0.4, 0.5) is 0 Å². The molecule has 2 aliphatic rings. The van der Waals surface area contributed by atoms with Crippen LogP contribution in [0.2, 0.25) is 10.0 Å². The van der Waals surface area contributed by atoms with E-state index in [2.05, 4.69) is 0 Å². The van der Waals surface area contributed by atoms with Gasteiger partial charge in [0.15, 0.2) is 5.60 Å². The predicted molar refractivity (Wildman–Crippen MR) is 84.7 cm³/mol. The van der Waals surface area contributed by atoms with Crippen LogP contribution in [0.5, 0.6) is 0 Å². The molecular formula is C14H13Cl2NO5S. The van der Waals surface area contributed by atoms with Crippen LogP contribution in [0.1, 0.15) is 18.9 Å². The molecule has 3 rings (SSSR count). The number of ketones is 1. The predicted octanol–water partition coefficient (Wildman–Crippen LogP) is 2.57. The molecule has 0 amide bonds. The van der Waals surface area contributed by atoms with E-state index in [1.807, 2.05) is 0 Å². The molecule has 23 heavy (non-hydrogen) atoms. The molecule has 6 nitrogen and oxygen atoms in total. The summed E-state index contributed by atoms with van der Waals surface area (Å²) in [6.45, 7) is 1.60. The summed E-state index contributed by atoms with van der Waals surface area (Å²) in [5, 5.41) is 10.6. The molecule has 124 valence electrons. The Morgan fingerprint density at radius 3 is 2.57 bits per heavy atom. The molecule has 0 bridgehead atoms. The third-order valence-corrected chi connectivity index (χ3v) is 6.51. The Kier molecular flexibility index (Phi) is 3.78. The van der Waals surface area contributed by atoms with Crippen molar-refractivity contribution in [2.45, 2.75) is 18.9 Å². The minimum absolute atomic E-state index is 0.0508. The molecule has 1 N–H and O–H groups in total. The first-order valence-corrected chi connectivity index (χ1v) is 9.16. The Morgan fingerprint density at radius 2 is 2.00 bits per heavy atom. The molecular weight excluding hydrogens is 365 g/mol. The summed E-state index contributed by atoms with van der Waals surface area (Å²) in [4.78, 5) is 12.5. The monoisotopic (exact) mass is 377 g/mol. The summed E-state index contributed by atoms with van der Waals surface area (Å²) in [6.07, 6.45) is 0.403. The Morgan fingerprint density at radius 1 is 1.30 bits per heavy atom. The molecule has 0 spiro atoms. The number of ether oxygens (including phenoxy) is 1. The molecule has 0 aliphatic carbocycles. The van der Waals surface area contributed by atoms with Gasteiger partial charge < -0.3 is 9.84 Å². The van der Waals surface area contributed by atoms with Gasteiger partial charge in [-0.25, -0.2) is 12.7 Å². The summed E-state index contributed by atoms with van der Waals surface area (Å²) in [5.74, 6) is -1.82. The maximum absolute atomic E-state index is 12.5. The van der Waals surface area contributed by atoms with Gasteiger partial charge in [-0.3, -0.25) is 4.79 Å². The van der Waals surface area contributed by atoms with Crippen LogP contribution in [0, 0.1) is 0 Å². The molecule has 9 heteroatoms. The number of aliphatic hydroxyl groups excluding tert-OH is 1. The number of carbonyl (C=O) groups is 1. The average Bonchev–Trinajstić information content (AvgIpc) is 2.94. The molecule has 0 saturated carbocycles. The average molecular weight is 378 g/mol. The second-order valence-electron chi connectivity index (χ2n) is 5.49. The van der Waals surface area contributed by atoms with Crippen LogP contribution in [-0.2, 0) is 25.2 Å². The van der Waals surface area contributed by atoms with Crippen LogP contribution >= 0.6 is 23.2 Å². The van der Waals surface area contributed by atoms with E-state index >= 15 is 0 Å². The molecule has 1 atom stereocenters. The van der Waals surface area contributed by atoms with Crippen molar-refractivity contribution in [3.8, 4) is 0 Å². The van der Waals surface area contributed by atoms with Crippen LogP contribution in [0.15, 0.2) is 29.8 Å². The highest BCUT2D eigenvalue weighted by molar-refractivity contribution is 7.89. The number of aliphatic hydroxyl groups is 1. The van der Waals surface area contributed by atoms with E-state index in [1.165, 1.54) is 19.1 Å². The number of Topliss-reactive ketones (excluding diaryl/α,β-unsaturated/α-hetero) is 1. The number of hydrogen-bond acceptors (Lipinski definition) is 5. The standard InChI is InChI=1S/C14H13Cl2NO5S/c1-14(8-3-4-9(15)10(16)7-8)12(19)11(18)13(22-14)17-5-2-6-23(17,20)21/h3-4,7,18H,2,5-6H2,1H3. The zero-order valence-corrected chi connectivity index (χ0v) is 14.4. The Balaban J connectivity index is 2.02. The zero-order valence-electron chi connectivity index (χ0n) is 12.0. The Hall–Kier alpha value is -1.44. The maximum atomic E-state index is 12.5. The Labute approximate surface area is 143 Å². The molecule has 1 aromatic rings. The van der Waals surface area contributed by atoms with Gasteiger partial charge >= 0.3 is 0 Å². The fourth-order valence-corrected chi connectivity index (χ4v) is 4.43. The number of sulfonamides is 1. The van der Waals surface area contributed by atoms with Gasteiger partial charge in [0, 0.05) is 12.1 Å². The van der Waals surface area contributed by atoms with Gasteiger partial charge in [0.2, 0.25) is 15.8 Å². The molecule has 0 radical (unpaired) electrons. The number of benzene rings is 1. The van der Waals surface area contributed by atoms with Crippen molar-refractivity contribution >= 4 is 39.0 Å². The van der Waals surface area contributed by atoms with Gasteiger partial charge in [0.05, 0.1) is 15.8 Å². The smallest absolute Gasteiger partial charge is 0.252 e. The maximum Gasteiger partial charge on any atom is 0.252 e. The molecule has 1 unspecified atom stereocenters. The lowest BCUT2D eigenvalue weighted by Crippen LogP contribution is -2.32. The number of nitrogens with zero attached hydrogens (tertiary/aromatic N) is 1. The van der Waals surface area contributed by atoms with E-state index in [0.717, 1.165) is 4.31 Å². The molecule has 1 fully saturated rings. The quantitative estimate of drug-likeness (QED) is 0.855. The third kappa shape index (κ3) is 2.47. The van der Waals surface area contributed by atoms with Crippen LogP contribution < -0.4 is 0 Å². The topological polar surface area (TPSA) is 83.9 Å². The van der Waals surface area contributed by atoms with Crippen molar-refractivity contribution < 1.29 is 23.1 Å². The lowest BCUT2D eigenvalue weighted by atomic mass is 9.92. The number of carbonyl (C=O) groups excluding carboxylic acids is 1. The SMILES string of the molecule is CC1(c2ccc(Cl)c(Cl)c2)OC(N2CCCS2(=O)=O)=C(O)C1=O. The third-order valence-electron chi connectivity index (χ3n) is 3.95. The molecule has 1 aromatic carbocycles. The van der Waals surface area contributed by atoms with Gasteiger partial charge in [0.25, 0.3) is 11.7 Å². The van der Waals surface area contributed by atoms with Crippen molar-refractivity contribution in [2.24, 2.45) is 0 Å². The number of rotatable bonds is 2. The van der Waals surface area contributed by atoms with Gasteiger partial charge in [-0.15, -0.1) is 0 Å². The highest BCUT2D eigenvalue weighted by Gasteiger charge is 2.51. The molecule has 2 aliphatic heterocycles. The number of hydrogen-bond donors (Lipinski definition) is 1. The van der Waals surface area contributed by atoms with Crippen molar-refractivity contribution in [2.75, 3.05) is 12.3 Å². The molecule has 1 saturated heterocycles. The van der Waals surface area contributed by atoms with Gasteiger partial charge in [-0.2, -0.15) is 0 Å². The van der Waals surface area contributed by atoms with Gasteiger partial charge in [-0.1, -0.05) is 29.3 Å². The van der Waals surface area contributed by atoms with Crippen molar-refractivity contribution in [1.82, 2.24) is 4.31 Å². The zero-order chi connectivity index (χ0) is 17.0. The van der Waals surface area contributed by atoms with Gasteiger partial charge in [-0.05, 0) is 25.5 Å². The Bertz CT molecular complexity index is 836. The first-order valence-electron chi connectivity index (χ1n) is 6.80. The summed E-state index contributed by atoms with van der Waals surface area (Å²) >= 11 is 11.8. The first kappa shape index (κ1) is 16.4. The van der Waals surface area contributed by atoms with Crippen LogP contribution in [0.25, 0.3) is 0 Å². The first-order chi connectivity index (χ1) is 10.7. The molecule has 2 heterocycles. The van der Waals surface area contributed by atoms with E-state index in [1.54, 1.807) is 6.07 Å². The fraction of sp³-hybridized carbons (Fsp3) is 0.357. The second-order valence-corrected chi connectivity index (χ2v) is 8.32. The van der Waals surface area contributed by atoms with E-state index < -0.39 is 27.2 Å². The lowest BCUT2D eigenvalue weighted by molar-refractivity contribution is -0.132. The van der Waals surface area contributed by atoms with E-state index in [-0.39, 0.29) is 23.2 Å². The lowest BCUT2D eigenvalue weighted by Gasteiger charge is -2.26. The molecule has 0 aromatic heterocycles. The van der Waals surface area contributed by atoms with E-state index in [4.69, 9.17) is 27.9 Å². The minimum atomic E-state index is -3.58. The van der Waals surface area contributed by atoms with Crippen molar-refractivity contribution in [1.29, 1.82) is 0 Å². The fourth-order valence-electron chi connectivity index (χ4n) is 2.63. The van der Waals surface area contributed by atoms with Crippen molar-refractivity contribution in [3.05, 3.63) is 45.5 Å². The largest absolute Gasteiger partial charge is 0.501 e. The van der Waals surface area contributed by atoms with Gasteiger partial charge in [0.1, 0.15) is 0 Å². The number of halogens is 2.